The van der Waals surface area contributed by atoms with Crippen molar-refractivity contribution < 1.29 is 22.0 Å². The summed E-state index contributed by atoms with van der Waals surface area (Å²) in [5.41, 5.74) is 0.494. The van der Waals surface area contributed by atoms with Gasteiger partial charge in [-0.05, 0) is 0 Å². The van der Waals surface area contributed by atoms with E-state index in [1.807, 2.05) is 0 Å². The summed E-state index contributed by atoms with van der Waals surface area (Å²) in [6.45, 7) is -1.21. The van der Waals surface area contributed by atoms with E-state index in [9.17, 15) is 22.0 Å². The molecule has 1 aromatic carbocycles. The molecule has 0 spiro atoms. The summed E-state index contributed by atoms with van der Waals surface area (Å²) in [7, 11) is 0. The second-order valence-corrected chi connectivity index (χ2v) is 4.71. The van der Waals surface area contributed by atoms with Crippen molar-refractivity contribution in [3.05, 3.63) is 48.3 Å². The molecule has 0 N–H and O–H groups in total. The van der Waals surface area contributed by atoms with Gasteiger partial charge >= 0.3 is 6.18 Å². The van der Waals surface area contributed by atoms with E-state index in [1.54, 1.807) is 0 Å². The number of imidazole rings is 2. The maximum absolute atomic E-state index is 13.3. The number of benzene rings is 1. The van der Waals surface area contributed by atoms with Gasteiger partial charge in [-0.25, -0.2) is 18.7 Å². The molecule has 4 nitrogen and oxygen atoms in total. The first kappa shape index (κ1) is 14.5. The third-order valence-corrected chi connectivity index (χ3v) is 3.13. The van der Waals surface area contributed by atoms with Crippen LogP contribution < -0.4 is 0 Å². The van der Waals surface area contributed by atoms with Gasteiger partial charge in [0.05, 0.1) is 23.9 Å². The lowest BCUT2D eigenvalue weighted by molar-refractivity contribution is -0.141. The van der Waals surface area contributed by atoms with E-state index in [0.29, 0.717) is 0 Å². The van der Waals surface area contributed by atoms with E-state index in [-0.39, 0.29) is 23.4 Å². The van der Waals surface area contributed by atoms with Crippen LogP contribution in [0.1, 0.15) is 5.82 Å². The predicted octanol–water partition coefficient (Wildman–Crippen LogP) is 3.12. The molecule has 0 aliphatic carbocycles. The Morgan fingerprint density at radius 3 is 2.45 bits per heavy atom. The van der Waals surface area contributed by atoms with Crippen molar-refractivity contribution in [3.63, 3.8) is 0 Å². The monoisotopic (exact) mass is 316 g/mol. The SMILES string of the molecule is Fc1cc2ncn(Cc3nccn3CC(F)(F)F)c2cc1F. The molecule has 9 heteroatoms. The average molecular weight is 316 g/mol. The first-order chi connectivity index (χ1) is 10.3. The van der Waals surface area contributed by atoms with Crippen LogP contribution in [0.15, 0.2) is 30.9 Å². The summed E-state index contributed by atoms with van der Waals surface area (Å²) in [5, 5.41) is 0. The number of fused-ring (bicyclic) bond motifs is 1. The van der Waals surface area contributed by atoms with Crippen molar-refractivity contribution in [2.24, 2.45) is 0 Å². The molecule has 0 saturated carbocycles. The summed E-state index contributed by atoms with van der Waals surface area (Å²) < 4.78 is 66.2. The first-order valence-corrected chi connectivity index (χ1v) is 6.20. The molecule has 0 aliphatic rings. The van der Waals surface area contributed by atoms with Crippen LogP contribution in [0.25, 0.3) is 11.0 Å². The largest absolute Gasteiger partial charge is 0.406 e. The fraction of sp³-hybridized carbons (Fsp3) is 0.231. The molecule has 3 rings (SSSR count). The molecule has 0 atom stereocenters. The third kappa shape index (κ3) is 2.78. The predicted molar refractivity (Wildman–Crippen MR) is 67.0 cm³/mol. The van der Waals surface area contributed by atoms with E-state index >= 15 is 0 Å². The van der Waals surface area contributed by atoms with Crippen LogP contribution in [-0.2, 0) is 13.1 Å². The van der Waals surface area contributed by atoms with Crippen LogP contribution in [0.3, 0.4) is 0 Å². The van der Waals surface area contributed by atoms with Gasteiger partial charge in [-0.3, -0.25) is 0 Å². The Morgan fingerprint density at radius 2 is 1.73 bits per heavy atom. The Labute approximate surface area is 120 Å². The molecular weight excluding hydrogens is 307 g/mol. The van der Waals surface area contributed by atoms with Gasteiger partial charge in [0.15, 0.2) is 11.6 Å². The summed E-state index contributed by atoms with van der Waals surface area (Å²) >= 11 is 0. The minimum Gasteiger partial charge on any atom is -0.324 e. The van der Waals surface area contributed by atoms with Crippen molar-refractivity contribution in [1.29, 1.82) is 0 Å². The third-order valence-electron chi connectivity index (χ3n) is 3.13. The van der Waals surface area contributed by atoms with E-state index < -0.39 is 24.4 Å². The Kier molecular flexibility index (Phi) is 3.34. The Morgan fingerprint density at radius 1 is 1.00 bits per heavy atom. The zero-order valence-corrected chi connectivity index (χ0v) is 11.0. The van der Waals surface area contributed by atoms with Crippen LogP contribution in [0.2, 0.25) is 0 Å². The quantitative estimate of drug-likeness (QED) is 0.696. The highest BCUT2D eigenvalue weighted by molar-refractivity contribution is 5.75. The number of hydrogen-bond donors (Lipinski definition) is 0. The summed E-state index contributed by atoms with van der Waals surface area (Å²) in [6, 6.07) is 1.89. The average Bonchev–Trinajstić information content (AvgIpc) is 2.98. The van der Waals surface area contributed by atoms with E-state index in [4.69, 9.17) is 0 Å². The molecule has 0 aliphatic heterocycles. The number of aromatic nitrogens is 4. The van der Waals surface area contributed by atoms with Crippen molar-refractivity contribution in [2.75, 3.05) is 0 Å². The standard InChI is InChI=1S/C13H9F5N4/c14-8-3-10-11(4-9(8)15)22(7-20-10)5-12-19-1-2-21(12)6-13(16,17)18/h1-4,7H,5-6H2. The van der Waals surface area contributed by atoms with Gasteiger partial charge in [-0.1, -0.05) is 0 Å². The van der Waals surface area contributed by atoms with Gasteiger partial charge in [0.2, 0.25) is 0 Å². The maximum Gasteiger partial charge on any atom is 0.406 e. The highest BCUT2D eigenvalue weighted by Crippen LogP contribution is 2.21. The molecule has 2 heterocycles. The lowest BCUT2D eigenvalue weighted by atomic mass is 10.3. The lowest BCUT2D eigenvalue weighted by Crippen LogP contribution is -2.20. The van der Waals surface area contributed by atoms with E-state index in [0.717, 1.165) is 16.7 Å². The van der Waals surface area contributed by atoms with Crippen LogP contribution >= 0.6 is 0 Å². The van der Waals surface area contributed by atoms with Crippen molar-refractivity contribution in [2.45, 2.75) is 19.3 Å². The Balaban J connectivity index is 1.94. The molecule has 0 fully saturated rings. The van der Waals surface area contributed by atoms with Gasteiger partial charge < -0.3 is 9.13 Å². The summed E-state index contributed by atoms with van der Waals surface area (Å²) in [6.07, 6.45) is -0.611. The fourth-order valence-electron chi connectivity index (χ4n) is 2.16. The van der Waals surface area contributed by atoms with Crippen molar-refractivity contribution in [1.82, 2.24) is 19.1 Å². The zero-order valence-electron chi connectivity index (χ0n) is 11.0. The highest BCUT2D eigenvalue weighted by Gasteiger charge is 2.28. The van der Waals surface area contributed by atoms with Gasteiger partial charge in [-0.15, -0.1) is 0 Å². The Bertz CT molecular complexity index is 818. The van der Waals surface area contributed by atoms with Gasteiger partial charge in [0.25, 0.3) is 0 Å². The number of hydrogen-bond acceptors (Lipinski definition) is 2. The topological polar surface area (TPSA) is 35.6 Å². The molecular formula is C13H9F5N4. The van der Waals surface area contributed by atoms with Crippen LogP contribution in [0.5, 0.6) is 0 Å². The Hall–Kier alpha value is -2.45. The normalized spacial score (nSPS) is 12.2. The number of rotatable bonds is 3. The zero-order chi connectivity index (χ0) is 15.9. The molecule has 0 bridgehead atoms. The van der Waals surface area contributed by atoms with Crippen LogP contribution in [-0.4, -0.2) is 25.3 Å². The molecule has 3 aromatic rings. The smallest absolute Gasteiger partial charge is 0.324 e. The summed E-state index contributed by atoms with van der Waals surface area (Å²) in [4.78, 5) is 7.77. The molecule has 0 saturated heterocycles. The molecule has 116 valence electrons. The number of halogens is 5. The second-order valence-electron chi connectivity index (χ2n) is 4.71. The minimum atomic E-state index is -4.37. The van der Waals surface area contributed by atoms with E-state index in [1.165, 1.54) is 23.3 Å². The van der Waals surface area contributed by atoms with Gasteiger partial charge in [0.1, 0.15) is 12.4 Å². The second kappa shape index (κ2) is 5.08. The first-order valence-electron chi connectivity index (χ1n) is 6.20. The number of nitrogens with zero attached hydrogens (tertiary/aromatic N) is 4. The van der Waals surface area contributed by atoms with Crippen LogP contribution in [0, 0.1) is 11.6 Å². The summed E-state index contributed by atoms with van der Waals surface area (Å²) in [5.74, 6) is -1.94. The molecule has 22 heavy (non-hydrogen) atoms. The molecule has 0 amide bonds. The number of alkyl halides is 3. The van der Waals surface area contributed by atoms with Gasteiger partial charge in [0, 0.05) is 24.5 Å². The van der Waals surface area contributed by atoms with Crippen LogP contribution in [0.4, 0.5) is 22.0 Å². The van der Waals surface area contributed by atoms with Gasteiger partial charge in [-0.2, -0.15) is 13.2 Å². The van der Waals surface area contributed by atoms with Crippen molar-refractivity contribution in [3.8, 4) is 0 Å². The molecule has 0 unspecified atom stereocenters. The minimum absolute atomic E-state index is 0.0371. The van der Waals surface area contributed by atoms with Crippen molar-refractivity contribution >= 4 is 11.0 Å². The van der Waals surface area contributed by atoms with E-state index in [2.05, 4.69) is 9.97 Å². The molecule has 2 aromatic heterocycles. The maximum atomic E-state index is 13.3. The highest BCUT2D eigenvalue weighted by atomic mass is 19.4. The lowest BCUT2D eigenvalue weighted by Gasteiger charge is -2.11. The molecule has 0 radical (unpaired) electrons. The fourth-order valence-corrected chi connectivity index (χ4v) is 2.16.